The first-order valence-electron chi connectivity index (χ1n) is 11.7. The lowest BCUT2D eigenvalue weighted by Crippen LogP contribution is -2.13. The SMILES string of the molecule is CCCCCCOc1ccc(C/C=C/C2CCC(CCCCC)CC2)cc1. The molecule has 0 saturated heterocycles. The van der Waals surface area contributed by atoms with Gasteiger partial charge in [-0.05, 0) is 68.1 Å². The molecule has 0 N–H and O–H groups in total. The topological polar surface area (TPSA) is 9.23 Å². The molecule has 152 valence electrons. The fraction of sp³-hybridized carbons (Fsp3) is 0.692. The van der Waals surface area contributed by atoms with Crippen LogP contribution < -0.4 is 4.74 Å². The van der Waals surface area contributed by atoms with Crippen molar-refractivity contribution in [2.24, 2.45) is 11.8 Å². The van der Waals surface area contributed by atoms with Crippen molar-refractivity contribution < 1.29 is 4.74 Å². The molecule has 27 heavy (non-hydrogen) atoms. The van der Waals surface area contributed by atoms with Crippen LogP contribution in [-0.2, 0) is 6.42 Å². The number of unbranched alkanes of at least 4 members (excludes halogenated alkanes) is 5. The molecule has 0 amide bonds. The highest BCUT2D eigenvalue weighted by Crippen LogP contribution is 2.32. The number of benzene rings is 1. The van der Waals surface area contributed by atoms with Crippen molar-refractivity contribution in [1.29, 1.82) is 0 Å². The van der Waals surface area contributed by atoms with E-state index in [9.17, 15) is 0 Å². The second-order valence-electron chi connectivity index (χ2n) is 8.46. The van der Waals surface area contributed by atoms with E-state index >= 15 is 0 Å². The first kappa shape index (κ1) is 22.1. The predicted octanol–water partition coefficient (Wildman–Crippen LogP) is 8.13. The van der Waals surface area contributed by atoms with E-state index in [1.54, 1.807) is 0 Å². The predicted molar refractivity (Wildman–Crippen MR) is 119 cm³/mol. The molecule has 1 aliphatic carbocycles. The zero-order chi connectivity index (χ0) is 19.2. The molecule has 0 unspecified atom stereocenters. The molecular weight excluding hydrogens is 328 g/mol. The highest BCUT2D eigenvalue weighted by atomic mass is 16.5. The van der Waals surface area contributed by atoms with Crippen LogP contribution in [0.25, 0.3) is 0 Å². The number of hydrogen-bond acceptors (Lipinski definition) is 1. The van der Waals surface area contributed by atoms with Gasteiger partial charge in [0.25, 0.3) is 0 Å². The standard InChI is InChI=1S/C26H42O/c1-3-5-7-9-22-27-26-20-18-25(19-21-26)13-10-12-24-16-14-23(15-17-24)11-8-6-4-2/h10,12,18-21,23-24H,3-9,11,13-17,22H2,1-2H3/b12-10+. The highest BCUT2D eigenvalue weighted by molar-refractivity contribution is 5.28. The first-order valence-corrected chi connectivity index (χ1v) is 11.7. The maximum Gasteiger partial charge on any atom is 0.119 e. The molecule has 1 saturated carbocycles. The molecule has 0 heterocycles. The van der Waals surface area contributed by atoms with Crippen molar-refractivity contribution in [3.8, 4) is 5.75 Å². The van der Waals surface area contributed by atoms with Crippen molar-refractivity contribution in [3.05, 3.63) is 42.0 Å². The van der Waals surface area contributed by atoms with Gasteiger partial charge in [-0.1, -0.05) is 83.1 Å². The van der Waals surface area contributed by atoms with E-state index in [0.717, 1.165) is 30.6 Å². The second kappa shape index (κ2) is 13.9. The lowest BCUT2D eigenvalue weighted by Gasteiger charge is -2.26. The molecule has 0 aromatic heterocycles. The molecule has 0 aliphatic heterocycles. The zero-order valence-corrected chi connectivity index (χ0v) is 17.9. The molecule has 1 heteroatoms. The third-order valence-corrected chi connectivity index (χ3v) is 6.06. The van der Waals surface area contributed by atoms with E-state index in [1.165, 1.54) is 82.6 Å². The fourth-order valence-corrected chi connectivity index (χ4v) is 4.19. The molecule has 0 bridgehead atoms. The highest BCUT2D eigenvalue weighted by Gasteiger charge is 2.18. The molecule has 0 atom stereocenters. The average Bonchev–Trinajstić information content (AvgIpc) is 2.70. The largest absolute Gasteiger partial charge is 0.494 e. The number of rotatable bonds is 13. The van der Waals surface area contributed by atoms with Gasteiger partial charge >= 0.3 is 0 Å². The molecule has 1 nitrogen and oxygen atoms in total. The van der Waals surface area contributed by atoms with Crippen molar-refractivity contribution in [2.45, 2.75) is 97.3 Å². The summed E-state index contributed by atoms with van der Waals surface area (Å²) < 4.78 is 5.83. The first-order chi connectivity index (χ1) is 13.3. The van der Waals surface area contributed by atoms with E-state index in [0.29, 0.717) is 0 Å². The Morgan fingerprint density at radius 3 is 2.26 bits per heavy atom. The molecular formula is C26H42O. The van der Waals surface area contributed by atoms with E-state index in [4.69, 9.17) is 4.74 Å². The summed E-state index contributed by atoms with van der Waals surface area (Å²) in [5.74, 6) is 2.84. The van der Waals surface area contributed by atoms with E-state index < -0.39 is 0 Å². The van der Waals surface area contributed by atoms with Gasteiger partial charge in [-0.25, -0.2) is 0 Å². The maximum absolute atomic E-state index is 5.83. The van der Waals surface area contributed by atoms with Crippen molar-refractivity contribution in [2.75, 3.05) is 6.61 Å². The molecule has 1 fully saturated rings. The Kier molecular flexibility index (Phi) is 11.3. The van der Waals surface area contributed by atoms with Gasteiger partial charge in [-0.3, -0.25) is 0 Å². The van der Waals surface area contributed by atoms with Gasteiger partial charge in [0, 0.05) is 0 Å². The average molecular weight is 371 g/mol. The summed E-state index contributed by atoms with van der Waals surface area (Å²) in [5, 5.41) is 0. The summed E-state index contributed by atoms with van der Waals surface area (Å²) >= 11 is 0. The summed E-state index contributed by atoms with van der Waals surface area (Å²) in [7, 11) is 0. The minimum absolute atomic E-state index is 0.818. The Morgan fingerprint density at radius 2 is 1.56 bits per heavy atom. The third kappa shape index (κ3) is 9.49. The Hall–Kier alpha value is -1.24. The minimum atomic E-state index is 0.818. The maximum atomic E-state index is 5.83. The Bertz CT molecular complexity index is 493. The quantitative estimate of drug-likeness (QED) is 0.251. The number of hydrogen-bond donors (Lipinski definition) is 0. The zero-order valence-electron chi connectivity index (χ0n) is 17.9. The van der Waals surface area contributed by atoms with Gasteiger partial charge in [0.15, 0.2) is 0 Å². The van der Waals surface area contributed by atoms with Crippen LogP contribution in [0.1, 0.15) is 96.5 Å². The summed E-state index contributed by atoms with van der Waals surface area (Å²) in [4.78, 5) is 0. The van der Waals surface area contributed by atoms with Gasteiger partial charge in [0.2, 0.25) is 0 Å². The molecule has 1 aromatic rings. The van der Waals surface area contributed by atoms with Crippen molar-refractivity contribution in [1.82, 2.24) is 0 Å². The molecule has 0 radical (unpaired) electrons. The van der Waals surface area contributed by atoms with Crippen LogP contribution >= 0.6 is 0 Å². The van der Waals surface area contributed by atoms with Crippen molar-refractivity contribution in [3.63, 3.8) is 0 Å². The molecule has 1 aliphatic rings. The molecule has 0 spiro atoms. The normalized spacial score (nSPS) is 20.2. The molecule has 1 aromatic carbocycles. The fourth-order valence-electron chi connectivity index (χ4n) is 4.19. The van der Waals surface area contributed by atoms with Gasteiger partial charge in [-0.15, -0.1) is 0 Å². The van der Waals surface area contributed by atoms with Crippen LogP contribution in [-0.4, -0.2) is 6.61 Å². The lowest BCUT2D eigenvalue weighted by atomic mass is 9.79. The van der Waals surface area contributed by atoms with E-state index in [2.05, 4.69) is 50.3 Å². The number of ether oxygens (including phenoxy) is 1. The van der Waals surface area contributed by atoms with Gasteiger partial charge < -0.3 is 4.74 Å². The van der Waals surface area contributed by atoms with Gasteiger partial charge in [0.1, 0.15) is 5.75 Å². The Balaban J connectivity index is 1.60. The second-order valence-corrected chi connectivity index (χ2v) is 8.46. The lowest BCUT2D eigenvalue weighted by molar-refractivity contribution is 0.289. The van der Waals surface area contributed by atoms with Crippen molar-refractivity contribution >= 4 is 0 Å². The van der Waals surface area contributed by atoms with Crippen LogP contribution in [0.15, 0.2) is 36.4 Å². The van der Waals surface area contributed by atoms with Gasteiger partial charge in [-0.2, -0.15) is 0 Å². The van der Waals surface area contributed by atoms with Crippen LogP contribution in [0.2, 0.25) is 0 Å². The molecule has 2 rings (SSSR count). The van der Waals surface area contributed by atoms with Crippen LogP contribution in [0.4, 0.5) is 0 Å². The number of allylic oxidation sites excluding steroid dienone is 2. The van der Waals surface area contributed by atoms with Crippen LogP contribution in [0.5, 0.6) is 5.75 Å². The summed E-state index contributed by atoms with van der Waals surface area (Å²) in [6.07, 6.45) is 22.3. The smallest absolute Gasteiger partial charge is 0.119 e. The van der Waals surface area contributed by atoms with Gasteiger partial charge in [0.05, 0.1) is 6.61 Å². The monoisotopic (exact) mass is 370 g/mol. The minimum Gasteiger partial charge on any atom is -0.494 e. The van der Waals surface area contributed by atoms with E-state index in [-0.39, 0.29) is 0 Å². The third-order valence-electron chi connectivity index (χ3n) is 6.06. The summed E-state index contributed by atoms with van der Waals surface area (Å²) in [5.41, 5.74) is 1.39. The summed E-state index contributed by atoms with van der Waals surface area (Å²) in [6, 6.07) is 8.70. The van der Waals surface area contributed by atoms with Crippen LogP contribution in [0.3, 0.4) is 0 Å². The summed E-state index contributed by atoms with van der Waals surface area (Å²) in [6.45, 7) is 5.39. The van der Waals surface area contributed by atoms with Crippen LogP contribution in [0, 0.1) is 11.8 Å². The van der Waals surface area contributed by atoms with E-state index in [1.807, 2.05) is 0 Å². The Labute approximate surface area is 168 Å². The Morgan fingerprint density at radius 1 is 0.852 bits per heavy atom.